The van der Waals surface area contributed by atoms with Crippen LogP contribution >= 0.6 is 19.1 Å². The molecule has 0 aliphatic rings. The molecule has 4 atom stereocenters. The van der Waals surface area contributed by atoms with E-state index >= 15 is 0 Å². The summed E-state index contributed by atoms with van der Waals surface area (Å²) in [6.07, 6.45) is 0.658. The second-order valence-corrected chi connectivity index (χ2v) is 14.2. The molecule has 232 valence electrons. The highest BCUT2D eigenvalue weighted by molar-refractivity contribution is 7.98. The molecule has 4 rings (SSSR count). The number of hydrogen-bond donors (Lipinski definition) is 5. The summed E-state index contributed by atoms with van der Waals surface area (Å²) < 4.78 is 18.7. The molecule has 1 aromatic heterocycles. The molecule has 6 N–H and O–H groups in total. The monoisotopic (exact) mass is 636 g/mol. The van der Waals surface area contributed by atoms with Gasteiger partial charge in [0.2, 0.25) is 19.2 Å². The van der Waals surface area contributed by atoms with Crippen LogP contribution in [0.3, 0.4) is 0 Å². The van der Waals surface area contributed by atoms with Gasteiger partial charge in [-0.3, -0.25) is 14.2 Å². The largest absolute Gasteiger partial charge is 0.445 e. The number of hydrogen-bond acceptors (Lipinski definition) is 6. The zero-order valence-corrected chi connectivity index (χ0v) is 26.1. The Kier molecular flexibility index (Phi) is 11.7. The van der Waals surface area contributed by atoms with Gasteiger partial charge in [-0.2, -0.15) is 11.8 Å². The fourth-order valence-electron chi connectivity index (χ4n) is 4.65. The van der Waals surface area contributed by atoms with Gasteiger partial charge in [0.25, 0.3) is 0 Å². The van der Waals surface area contributed by atoms with Crippen molar-refractivity contribution in [2.24, 2.45) is 11.7 Å². The quantitative estimate of drug-likeness (QED) is 0.117. The van der Waals surface area contributed by atoms with Crippen molar-refractivity contribution in [2.45, 2.75) is 37.5 Å². The Hall–Kier alpha value is -4.05. The number of amides is 3. The molecule has 0 radical (unpaired) electrons. The molecule has 10 nitrogen and oxygen atoms in total. The molecule has 0 spiro atoms. The van der Waals surface area contributed by atoms with Crippen LogP contribution in [0.25, 0.3) is 10.9 Å². The maximum absolute atomic E-state index is 13.6. The number of nitrogens with one attached hydrogen (secondary N) is 3. The van der Waals surface area contributed by atoms with Gasteiger partial charge in [0.1, 0.15) is 18.4 Å². The number of H-pyrrole nitrogens is 1. The molecule has 1 heterocycles. The first-order chi connectivity index (χ1) is 21.1. The van der Waals surface area contributed by atoms with Crippen LogP contribution in [0.5, 0.6) is 0 Å². The standard InChI is InChI=1S/C32H37N4O6PS/c1-22(35-32(39)42-18-23-10-4-2-5-11-23)43(40,41)19-26(21-44-20-24-12-6-3-7-13-24)31(38)36-29(30(33)37)16-25-17-34-28-15-9-8-14-27(25)28/h2-15,17,22,26,29,34H,16,18-21H2,1H3,(H2,33,37)(H,35,39)(H,36,38)(H,40,41)/t22?,26?,29-/m0/s1. The number of aromatic nitrogens is 1. The summed E-state index contributed by atoms with van der Waals surface area (Å²) in [5, 5.41) is 6.06. The molecule has 0 bridgehead atoms. The number of fused-ring (bicyclic) bond motifs is 1. The summed E-state index contributed by atoms with van der Waals surface area (Å²) in [4.78, 5) is 52.6. The van der Waals surface area contributed by atoms with Gasteiger partial charge >= 0.3 is 6.09 Å². The Morgan fingerprint density at radius 3 is 2.27 bits per heavy atom. The van der Waals surface area contributed by atoms with Crippen molar-refractivity contribution < 1.29 is 28.6 Å². The molecule has 12 heteroatoms. The van der Waals surface area contributed by atoms with Gasteiger partial charge in [-0.05, 0) is 29.7 Å². The Morgan fingerprint density at radius 1 is 0.955 bits per heavy atom. The fraction of sp³-hybridized carbons (Fsp3) is 0.281. The summed E-state index contributed by atoms with van der Waals surface area (Å²) in [6.45, 7) is 1.40. The number of para-hydroxylation sites is 1. The van der Waals surface area contributed by atoms with Crippen LogP contribution in [0, 0.1) is 5.92 Å². The average Bonchev–Trinajstić information content (AvgIpc) is 3.42. The van der Waals surface area contributed by atoms with Gasteiger partial charge in [0, 0.05) is 41.2 Å². The van der Waals surface area contributed by atoms with E-state index in [0.29, 0.717) is 5.75 Å². The Labute approximate surface area is 260 Å². The fourth-order valence-corrected chi connectivity index (χ4v) is 7.47. The number of primary amides is 1. The normalized spacial score (nSPS) is 14.6. The second kappa shape index (κ2) is 15.6. The van der Waals surface area contributed by atoms with Crippen molar-refractivity contribution >= 4 is 47.9 Å². The second-order valence-electron chi connectivity index (χ2n) is 10.5. The number of rotatable bonds is 15. The summed E-state index contributed by atoms with van der Waals surface area (Å²) in [7, 11) is -4.12. The molecular formula is C32H37N4O6PS. The third-order valence-electron chi connectivity index (χ3n) is 7.19. The van der Waals surface area contributed by atoms with Crippen molar-refractivity contribution in [1.82, 2.24) is 15.6 Å². The lowest BCUT2D eigenvalue weighted by Gasteiger charge is -2.26. The number of nitrogens with two attached hydrogens (primary N) is 1. The Bertz CT molecular complexity index is 1600. The third-order valence-corrected chi connectivity index (χ3v) is 10.7. The van der Waals surface area contributed by atoms with Gasteiger partial charge in [-0.1, -0.05) is 78.9 Å². The number of benzene rings is 3. The van der Waals surface area contributed by atoms with Crippen LogP contribution in [-0.2, 0) is 37.7 Å². The third kappa shape index (κ3) is 9.47. The van der Waals surface area contributed by atoms with Gasteiger partial charge in [-0.15, -0.1) is 0 Å². The van der Waals surface area contributed by atoms with E-state index in [4.69, 9.17) is 10.5 Å². The van der Waals surface area contributed by atoms with Gasteiger partial charge in [0.15, 0.2) is 0 Å². The Balaban J connectivity index is 1.43. The molecule has 0 aliphatic carbocycles. The summed E-state index contributed by atoms with van der Waals surface area (Å²) in [5.74, 6) is -2.64. The lowest BCUT2D eigenvalue weighted by Crippen LogP contribution is -2.49. The van der Waals surface area contributed by atoms with Gasteiger partial charge < -0.3 is 31.0 Å². The first kappa shape index (κ1) is 32.9. The lowest BCUT2D eigenvalue weighted by atomic mass is 10.0. The number of alkyl carbamates (subject to hydrolysis) is 1. The average molecular weight is 637 g/mol. The number of thioether (sulfide) groups is 1. The zero-order valence-electron chi connectivity index (χ0n) is 24.3. The van der Waals surface area contributed by atoms with Crippen molar-refractivity contribution in [2.75, 3.05) is 11.9 Å². The van der Waals surface area contributed by atoms with Crippen LogP contribution < -0.4 is 16.4 Å². The number of aromatic amines is 1. The number of carbonyl (C=O) groups excluding carboxylic acids is 3. The molecule has 4 aromatic rings. The summed E-state index contributed by atoms with van der Waals surface area (Å²) in [6, 6.07) is 25.2. The first-order valence-electron chi connectivity index (χ1n) is 14.2. The van der Waals surface area contributed by atoms with Crippen molar-refractivity contribution in [3.8, 4) is 0 Å². The molecule has 44 heavy (non-hydrogen) atoms. The van der Waals surface area contributed by atoms with Crippen molar-refractivity contribution in [1.29, 1.82) is 0 Å². The highest BCUT2D eigenvalue weighted by atomic mass is 32.2. The van der Waals surface area contributed by atoms with E-state index in [9.17, 15) is 23.8 Å². The van der Waals surface area contributed by atoms with E-state index in [-0.39, 0.29) is 18.8 Å². The molecule has 0 aliphatic heterocycles. The maximum Gasteiger partial charge on any atom is 0.408 e. The van der Waals surface area contributed by atoms with Crippen LogP contribution in [0.15, 0.2) is 91.1 Å². The maximum atomic E-state index is 13.6. The predicted molar refractivity (Wildman–Crippen MR) is 173 cm³/mol. The van der Waals surface area contributed by atoms with E-state index in [1.807, 2.05) is 72.8 Å². The molecule has 0 saturated heterocycles. The highest BCUT2D eigenvalue weighted by Gasteiger charge is 2.36. The van der Waals surface area contributed by atoms with E-state index < -0.39 is 49.2 Å². The smallest absolute Gasteiger partial charge is 0.408 e. The molecule has 3 amide bonds. The van der Waals surface area contributed by atoms with Crippen molar-refractivity contribution in [3.05, 3.63) is 108 Å². The minimum atomic E-state index is -4.12. The summed E-state index contributed by atoms with van der Waals surface area (Å²) in [5.41, 5.74) is 9.19. The number of carbonyl (C=O) groups is 3. The topological polar surface area (TPSA) is 164 Å². The minimum absolute atomic E-state index is 0.00121. The van der Waals surface area contributed by atoms with E-state index in [0.717, 1.165) is 27.6 Å². The molecule has 3 unspecified atom stereocenters. The van der Waals surface area contributed by atoms with Crippen LogP contribution in [0.4, 0.5) is 4.79 Å². The van der Waals surface area contributed by atoms with Crippen LogP contribution in [-0.4, -0.2) is 51.5 Å². The van der Waals surface area contributed by atoms with Crippen LogP contribution in [0.1, 0.15) is 23.6 Å². The molecule has 0 saturated carbocycles. The van der Waals surface area contributed by atoms with Crippen molar-refractivity contribution in [3.63, 3.8) is 0 Å². The molecular weight excluding hydrogens is 599 g/mol. The summed E-state index contributed by atoms with van der Waals surface area (Å²) >= 11 is 1.43. The Morgan fingerprint density at radius 2 is 1.59 bits per heavy atom. The highest BCUT2D eigenvalue weighted by Crippen LogP contribution is 2.47. The predicted octanol–water partition coefficient (Wildman–Crippen LogP) is 4.77. The first-order valence-corrected chi connectivity index (χ1v) is 17.2. The van der Waals surface area contributed by atoms with E-state index in [1.54, 1.807) is 18.3 Å². The lowest BCUT2D eigenvalue weighted by molar-refractivity contribution is -0.129. The SMILES string of the molecule is CC(NC(=O)OCc1ccccc1)P(=O)(O)CC(CSCc1ccccc1)C(=O)N[C@@H](Cc1c[nH]c2ccccc12)C(N)=O. The van der Waals surface area contributed by atoms with Gasteiger partial charge in [-0.25, -0.2) is 4.79 Å². The minimum Gasteiger partial charge on any atom is -0.445 e. The molecule has 3 aromatic carbocycles. The van der Waals surface area contributed by atoms with E-state index in [1.165, 1.54) is 18.7 Å². The zero-order chi connectivity index (χ0) is 31.5. The van der Waals surface area contributed by atoms with Crippen LogP contribution in [0.2, 0.25) is 0 Å². The van der Waals surface area contributed by atoms with E-state index in [2.05, 4.69) is 15.6 Å². The molecule has 0 fully saturated rings. The van der Waals surface area contributed by atoms with Gasteiger partial charge in [0.05, 0.1) is 5.92 Å². The number of ether oxygens (including phenoxy) is 1.